The van der Waals surface area contributed by atoms with Gasteiger partial charge in [0.25, 0.3) is 0 Å². The van der Waals surface area contributed by atoms with Gasteiger partial charge in [0.15, 0.2) is 0 Å². The summed E-state index contributed by atoms with van der Waals surface area (Å²) in [5.41, 5.74) is 3.10. The Bertz CT molecular complexity index is 872. The van der Waals surface area contributed by atoms with Gasteiger partial charge in [-0.3, -0.25) is 4.98 Å². The monoisotopic (exact) mass is 285 g/mol. The maximum Gasteiger partial charge on any atom is 0.326 e. The van der Waals surface area contributed by atoms with Crippen LogP contribution in [0, 0.1) is 11.6 Å². The lowest BCUT2D eigenvalue weighted by molar-refractivity contribution is 0.645. The van der Waals surface area contributed by atoms with Gasteiger partial charge in [0.2, 0.25) is 0 Å². The molecule has 4 nitrogen and oxygen atoms in total. The lowest BCUT2D eigenvalue weighted by Gasteiger charge is -2.06. The van der Waals surface area contributed by atoms with E-state index in [-0.39, 0.29) is 5.69 Å². The zero-order valence-electron chi connectivity index (χ0n) is 11.1. The molecule has 0 saturated heterocycles. The molecule has 2 aromatic heterocycles. The van der Waals surface area contributed by atoms with E-state index in [1.807, 2.05) is 31.5 Å². The molecule has 3 rings (SSSR count). The molecule has 0 fully saturated rings. The second-order valence-electron chi connectivity index (χ2n) is 4.87. The molecule has 5 heteroatoms. The Kier molecular flexibility index (Phi) is 3.28. The van der Waals surface area contributed by atoms with Crippen LogP contribution in [0.2, 0.25) is 0 Å². The van der Waals surface area contributed by atoms with E-state index in [4.69, 9.17) is 12.2 Å². The van der Waals surface area contributed by atoms with Gasteiger partial charge in [0.1, 0.15) is 4.64 Å². The van der Waals surface area contributed by atoms with Gasteiger partial charge in [-0.25, -0.2) is 4.79 Å². The number of para-hydroxylation sites is 1. The Labute approximate surface area is 121 Å². The molecule has 20 heavy (non-hydrogen) atoms. The van der Waals surface area contributed by atoms with Crippen molar-refractivity contribution in [2.45, 2.75) is 19.9 Å². The van der Waals surface area contributed by atoms with Crippen molar-refractivity contribution in [2.24, 2.45) is 0 Å². The van der Waals surface area contributed by atoms with E-state index in [9.17, 15) is 4.79 Å². The molecule has 0 aliphatic carbocycles. The Morgan fingerprint density at radius 1 is 1.30 bits per heavy atom. The number of nitrogens with zero attached hydrogens (tertiary/aromatic N) is 1. The molecule has 0 unspecified atom stereocenters. The average molecular weight is 285 g/mol. The molecule has 1 aromatic carbocycles. The van der Waals surface area contributed by atoms with Crippen LogP contribution in [0.1, 0.15) is 11.1 Å². The Balaban J connectivity index is 1.88. The highest BCUT2D eigenvalue weighted by molar-refractivity contribution is 7.71. The normalized spacial score (nSPS) is 11.1. The van der Waals surface area contributed by atoms with E-state index in [1.54, 1.807) is 4.57 Å². The summed E-state index contributed by atoms with van der Waals surface area (Å²) in [7, 11) is 0. The summed E-state index contributed by atoms with van der Waals surface area (Å²) >= 11 is 5.05. The van der Waals surface area contributed by atoms with Gasteiger partial charge in [0.05, 0.1) is 0 Å². The molecular weight excluding hydrogens is 270 g/mol. The molecule has 0 atom stereocenters. The van der Waals surface area contributed by atoms with Gasteiger partial charge in [-0.05, 0) is 25.0 Å². The minimum absolute atomic E-state index is 0.152. The summed E-state index contributed by atoms with van der Waals surface area (Å²) in [4.78, 5) is 17.8. The van der Waals surface area contributed by atoms with Crippen LogP contribution >= 0.6 is 12.2 Å². The Hall–Kier alpha value is -2.14. The van der Waals surface area contributed by atoms with Crippen LogP contribution in [0.25, 0.3) is 10.9 Å². The highest BCUT2D eigenvalue weighted by Gasteiger charge is 2.04. The Morgan fingerprint density at radius 3 is 2.95 bits per heavy atom. The fraction of sp³-hybridized carbons (Fsp3) is 0.200. The first-order valence-electron chi connectivity index (χ1n) is 6.50. The molecule has 2 N–H and O–H groups in total. The van der Waals surface area contributed by atoms with Gasteiger partial charge in [-0.2, -0.15) is 0 Å². The summed E-state index contributed by atoms with van der Waals surface area (Å²) in [5, 5.41) is 1.21. The van der Waals surface area contributed by atoms with Gasteiger partial charge in [-0.15, -0.1) is 0 Å². The fourth-order valence-electron chi connectivity index (χ4n) is 2.36. The van der Waals surface area contributed by atoms with Crippen LogP contribution in [0.4, 0.5) is 0 Å². The number of fused-ring (bicyclic) bond motifs is 1. The quantitative estimate of drug-likeness (QED) is 0.727. The van der Waals surface area contributed by atoms with Crippen LogP contribution in [0.5, 0.6) is 0 Å². The van der Waals surface area contributed by atoms with Crippen molar-refractivity contribution >= 4 is 23.1 Å². The minimum atomic E-state index is -0.152. The third-order valence-electron chi connectivity index (χ3n) is 3.49. The van der Waals surface area contributed by atoms with Crippen molar-refractivity contribution in [3.63, 3.8) is 0 Å². The average Bonchev–Trinajstić information content (AvgIpc) is 2.85. The SMILES string of the molecule is Cc1cn(CCc2c[nH]c3ccccc23)c(=O)[nH]c1=S. The maximum absolute atomic E-state index is 11.8. The molecule has 3 aromatic rings. The molecule has 0 aliphatic rings. The van der Waals surface area contributed by atoms with Crippen molar-refractivity contribution in [2.75, 3.05) is 0 Å². The first-order valence-corrected chi connectivity index (χ1v) is 6.91. The van der Waals surface area contributed by atoms with E-state index in [2.05, 4.69) is 22.1 Å². The molecule has 0 bridgehead atoms. The number of benzene rings is 1. The summed E-state index contributed by atoms with van der Waals surface area (Å²) in [5.74, 6) is 0. The number of hydrogen-bond acceptors (Lipinski definition) is 2. The fourth-order valence-corrected chi connectivity index (χ4v) is 2.50. The van der Waals surface area contributed by atoms with Crippen molar-refractivity contribution in [1.82, 2.24) is 14.5 Å². The van der Waals surface area contributed by atoms with Crippen molar-refractivity contribution < 1.29 is 0 Å². The number of aromatic nitrogens is 3. The number of rotatable bonds is 3. The van der Waals surface area contributed by atoms with E-state index in [0.717, 1.165) is 17.5 Å². The van der Waals surface area contributed by atoms with Crippen LogP contribution in [-0.2, 0) is 13.0 Å². The largest absolute Gasteiger partial charge is 0.361 e. The summed E-state index contributed by atoms with van der Waals surface area (Å²) in [6, 6.07) is 8.17. The third-order valence-corrected chi connectivity index (χ3v) is 3.91. The van der Waals surface area contributed by atoms with Crippen molar-refractivity contribution in [3.8, 4) is 0 Å². The molecule has 0 aliphatic heterocycles. The lowest BCUT2D eigenvalue weighted by atomic mass is 10.1. The van der Waals surface area contributed by atoms with Crippen molar-refractivity contribution in [3.05, 3.63) is 62.9 Å². The number of aryl methyl sites for hydroxylation is 3. The Morgan fingerprint density at radius 2 is 2.10 bits per heavy atom. The van der Waals surface area contributed by atoms with Gasteiger partial charge in [-0.1, -0.05) is 30.4 Å². The minimum Gasteiger partial charge on any atom is -0.361 e. The van der Waals surface area contributed by atoms with E-state index in [0.29, 0.717) is 11.2 Å². The van der Waals surface area contributed by atoms with Crippen molar-refractivity contribution in [1.29, 1.82) is 0 Å². The topological polar surface area (TPSA) is 53.6 Å². The van der Waals surface area contributed by atoms with Crippen LogP contribution in [0.15, 0.2) is 41.5 Å². The zero-order valence-corrected chi connectivity index (χ0v) is 12.0. The van der Waals surface area contributed by atoms with Crippen LogP contribution in [-0.4, -0.2) is 14.5 Å². The van der Waals surface area contributed by atoms with Gasteiger partial charge in [0, 0.05) is 35.4 Å². The van der Waals surface area contributed by atoms with E-state index < -0.39 is 0 Å². The molecule has 0 radical (unpaired) electrons. The summed E-state index contributed by atoms with van der Waals surface area (Å²) in [6.07, 6.45) is 4.62. The van der Waals surface area contributed by atoms with Gasteiger partial charge >= 0.3 is 5.69 Å². The van der Waals surface area contributed by atoms with Crippen LogP contribution < -0.4 is 5.69 Å². The first kappa shape index (κ1) is 12.9. The molecular formula is C15H15N3OS. The van der Waals surface area contributed by atoms with Gasteiger partial charge < -0.3 is 9.55 Å². The summed E-state index contributed by atoms with van der Waals surface area (Å²) < 4.78 is 2.19. The predicted molar refractivity (Wildman–Crippen MR) is 82.6 cm³/mol. The standard InChI is InChI=1S/C15H15N3OS/c1-10-9-18(15(19)17-14(10)20)7-6-11-8-16-13-5-3-2-4-12(11)13/h2-5,8-9,16H,6-7H2,1H3,(H,17,19,20). The predicted octanol–water partition coefficient (Wildman–Crippen LogP) is 2.94. The molecule has 0 saturated carbocycles. The number of H-pyrrole nitrogens is 2. The number of nitrogens with one attached hydrogen (secondary N) is 2. The molecule has 2 heterocycles. The number of hydrogen-bond donors (Lipinski definition) is 2. The molecule has 102 valence electrons. The highest BCUT2D eigenvalue weighted by atomic mass is 32.1. The maximum atomic E-state index is 11.8. The number of aromatic amines is 2. The second kappa shape index (κ2) is 5.09. The van der Waals surface area contributed by atoms with E-state index in [1.165, 1.54) is 10.9 Å². The highest BCUT2D eigenvalue weighted by Crippen LogP contribution is 2.18. The lowest BCUT2D eigenvalue weighted by Crippen LogP contribution is -2.24. The third kappa shape index (κ3) is 2.32. The summed E-state index contributed by atoms with van der Waals surface area (Å²) in [6.45, 7) is 2.54. The van der Waals surface area contributed by atoms with Crippen LogP contribution in [0.3, 0.4) is 0 Å². The molecule has 0 spiro atoms. The van der Waals surface area contributed by atoms with E-state index >= 15 is 0 Å². The smallest absolute Gasteiger partial charge is 0.326 e. The molecule has 0 amide bonds. The second-order valence-corrected chi connectivity index (χ2v) is 5.28. The first-order chi connectivity index (χ1) is 9.65. The zero-order chi connectivity index (χ0) is 14.1.